The Morgan fingerprint density at radius 1 is 1.00 bits per heavy atom. The van der Waals surface area contributed by atoms with Crippen molar-refractivity contribution in [2.24, 2.45) is 0 Å². The van der Waals surface area contributed by atoms with E-state index in [2.05, 4.69) is 0 Å². The van der Waals surface area contributed by atoms with Crippen LogP contribution in [0.4, 0.5) is 14.5 Å². The van der Waals surface area contributed by atoms with E-state index in [1.807, 2.05) is 0 Å². The highest BCUT2D eigenvalue weighted by molar-refractivity contribution is 5.48. The zero-order valence-electron chi connectivity index (χ0n) is 8.97. The molecule has 0 aromatic heterocycles. The van der Waals surface area contributed by atoms with Crippen LogP contribution >= 0.6 is 0 Å². The third-order valence-electron chi connectivity index (χ3n) is 2.16. The maximum absolute atomic E-state index is 13.0. The molecule has 0 N–H and O–H groups in total. The predicted molar refractivity (Wildman–Crippen MR) is 59.5 cm³/mol. The Morgan fingerprint density at radius 3 is 2.22 bits per heavy atom. The minimum Gasteiger partial charge on any atom is -0.450 e. The molecule has 0 fully saturated rings. The van der Waals surface area contributed by atoms with Crippen LogP contribution in [0.15, 0.2) is 42.5 Å². The summed E-state index contributed by atoms with van der Waals surface area (Å²) in [5.41, 5.74) is -0.360. The maximum Gasteiger partial charge on any atom is 0.311 e. The van der Waals surface area contributed by atoms with E-state index >= 15 is 0 Å². The monoisotopic (exact) mass is 251 g/mol. The Morgan fingerprint density at radius 2 is 1.61 bits per heavy atom. The van der Waals surface area contributed by atoms with E-state index in [0.717, 1.165) is 30.3 Å². The van der Waals surface area contributed by atoms with Gasteiger partial charge in [-0.15, -0.1) is 0 Å². The van der Waals surface area contributed by atoms with Crippen LogP contribution in [0.5, 0.6) is 11.5 Å². The molecule has 0 heterocycles. The molecule has 2 aromatic carbocycles. The normalized spacial score (nSPS) is 10.1. The van der Waals surface area contributed by atoms with Gasteiger partial charge < -0.3 is 4.74 Å². The average molecular weight is 251 g/mol. The molecule has 0 bridgehead atoms. The highest BCUT2D eigenvalue weighted by Gasteiger charge is 2.16. The quantitative estimate of drug-likeness (QED) is 0.617. The molecule has 2 aromatic rings. The smallest absolute Gasteiger partial charge is 0.311 e. The first-order chi connectivity index (χ1) is 8.56. The lowest BCUT2D eigenvalue weighted by Gasteiger charge is -2.06. The van der Waals surface area contributed by atoms with Crippen LogP contribution in [0.1, 0.15) is 0 Å². The molecule has 6 heteroatoms. The van der Waals surface area contributed by atoms with Gasteiger partial charge in [0, 0.05) is 12.1 Å². The molecule has 0 aliphatic rings. The number of benzene rings is 2. The number of nitro benzene ring substituents is 1. The molecule has 0 saturated carbocycles. The summed E-state index contributed by atoms with van der Waals surface area (Å²) in [6.07, 6.45) is 0. The summed E-state index contributed by atoms with van der Waals surface area (Å²) in [5.74, 6) is -1.16. The summed E-state index contributed by atoms with van der Waals surface area (Å²) in [4.78, 5) is 10.0. The molecule has 18 heavy (non-hydrogen) atoms. The second-order valence-electron chi connectivity index (χ2n) is 3.43. The van der Waals surface area contributed by atoms with Crippen molar-refractivity contribution in [3.05, 3.63) is 64.2 Å². The molecule has 0 atom stereocenters. The summed E-state index contributed by atoms with van der Waals surface area (Å²) in [5, 5.41) is 10.7. The number of halogens is 2. The topological polar surface area (TPSA) is 52.4 Å². The molecule has 92 valence electrons. The van der Waals surface area contributed by atoms with E-state index in [-0.39, 0.29) is 17.2 Å². The molecule has 0 spiro atoms. The van der Waals surface area contributed by atoms with Gasteiger partial charge in [0.15, 0.2) is 0 Å². The van der Waals surface area contributed by atoms with Crippen molar-refractivity contribution in [3.63, 3.8) is 0 Å². The molecule has 4 nitrogen and oxygen atoms in total. The van der Waals surface area contributed by atoms with Crippen LogP contribution in [0.2, 0.25) is 0 Å². The number of nitro groups is 1. The predicted octanol–water partition coefficient (Wildman–Crippen LogP) is 3.67. The van der Waals surface area contributed by atoms with Crippen molar-refractivity contribution in [2.75, 3.05) is 0 Å². The molecule has 0 saturated heterocycles. The van der Waals surface area contributed by atoms with Gasteiger partial charge in [0.25, 0.3) is 0 Å². The first kappa shape index (κ1) is 12.0. The molecule has 0 aliphatic carbocycles. The van der Waals surface area contributed by atoms with Gasteiger partial charge in [-0.2, -0.15) is 0 Å². The lowest BCUT2D eigenvalue weighted by molar-refractivity contribution is -0.385. The number of nitrogens with zero attached hydrogens (tertiary/aromatic N) is 1. The number of ether oxygens (including phenoxy) is 1. The van der Waals surface area contributed by atoms with Gasteiger partial charge in [-0.05, 0) is 30.3 Å². The number of hydrogen-bond donors (Lipinski definition) is 0. The Hall–Kier alpha value is -2.50. The van der Waals surface area contributed by atoms with E-state index < -0.39 is 16.6 Å². The van der Waals surface area contributed by atoms with Gasteiger partial charge in [-0.1, -0.05) is 0 Å². The largest absolute Gasteiger partial charge is 0.450 e. The fourth-order valence-electron chi connectivity index (χ4n) is 1.35. The lowest BCUT2D eigenvalue weighted by atomic mass is 10.3. The summed E-state index contributed by atoms with van der Waals surface area (Å²) in [6.45, 7) is 0. The van der Waals surface area contributed by atoms with E-state index in [1.165, 1.54) is 12.1 Å². The third-order valence-corrected chi connectivity index (χ3v) is 2.16. The van der Waals surface area contributed by atoms with E-state index in [1.54, 1.807) is 0 Å². The highest BCUT2D eigenvalue weighted by Crippen LogP contribution is 2.31. The zero-order valence-corrected chi connectivity index (χ0v) is 8.97. The highest BCUT2D eigenvalue weighted by atomic mass is 19.1. The molecular formula is C12H7F2NO3. The van der Waals surface area contributed by atoms with Gasteiger partial charge in [0.2, 0.25) is 5.75 Å². The summed E-state index contributed by atoms with van der Waals surface area (Å²) < 4.78 is 30.8. The fourth-order valence-corrected chi connectivity index (χ4v) is 1.35. The Bertz CT molecular complexity index is 584. The SMILES string of the molecule is O=[N+]([O-])c1ccc(F)cc1Oc1ccc(F)cc1. The maximum atomic E-state index is 13.0. The van der Waals surface area contributed by atoms with Crippen LogP contribution in [-0.2, 0) is 0 Å². The lowest BCUT2D eigenvalue weighted by Crippen LogP contribution is -1.94. The average Bonchev–Trinajstić information content (AvgIpc) is 2.32. The first-order valence-corrected chi connectivity index (χ1v) is 4.93. The van der Waals surface area contributed by atoms with Gasteiger partial charge in [-0.25, -0.2) is 8.78 Å². The molecular weight excluding hydrogens is 244 g/mol. The van der Waals surface area contributed by atoms with Crippen molar-refractivity contribution >= 4 is 5.69 Å². The van der Waals surface area contributed by atoms with Crippen molar-refractivity contribution in [2.45, 2.75) is 0 Å². The summed E-state index contributed by atoms with van der Waals surface area (Å²) >= 11 is 0. The Balaban J connectivity index is 2.35. The fraction of sp³-hybridized carbons (Fsp3) is 0. The number of hydrogen-bond acceptors (Lipinski definition) is 3. The third kappa shape index (κ3) is 2.60. The van der Waals surface area contributed by atoms with Crippen LogP contribution in [0, 0.1) is 21.7 Å². The van der Waals surface area contributed by atoms with E-state index in [9.17, 15) is 18.9 Å². The molecule has 0 unspecified atom stereocenters. The Labute approximate surface area is 101 Å². The second kappa shape index (κ2) is 4.79. The van der Waals surface area contributed by atoms with E-state index in [0.29, 0.717) is 0 Å². The molecule has 0 amide bonds. The molecule has 0 radical (unpaired) electrons. The Kier molecular flexibility index (Phi) is 3.18. The van der Waals surface area contributed by atoms with Gasteiger partial charge in [-0.3, -0.25) is 10.1 Å². The van der Waals surface area contributed by atoms with Crippen molar-refractivity contribution in [1.29, 1.82) is 0 Å². The van der Waals surface area contributed by atoms with Crippen LogP contribution in [0.3, 0.4) is 0 Å². The van der Waals surface area contributed by atoms with Gasteiger partial charge in [0.05, 0.1) is 4.92 Å². The van der Waals surface area contributed by atoms with Crippen molar-refractivity contribution < 1.29 is 18.4 Å². The van der Waals surface area contributed by atoms with Gasteiger partial charge in [0.1, 0.15) is 17.4 Å². The van der Waals surface area contributed by atoms with Crippen LogP contribution < -0.4 is 4.74 Å². The first-order valence-electron chi connectivity index (χ1n) is 4.93. The molecule has 0 aliphatic heterocycles. The summed E-state index contributed by atoms with van der Waals surface area (Å²) in [6, 6.07) is 7.75. The van der Waals surface area contributed by atoms with Crippen LogP contribution in [-0.4, -0.2) is 4.92 Å². The van der Waals surface area contributed by atoms with Crippen molar-refractivity contribution in [1.82, 2.24) is 0 Å². The van der Waals surface area contributed by atoms with E-state index in [4.69, 9.17) is 4.74 Å². The minimum atomic E-state index is -0.682. The number of rotatable bonds is 3. The molecule has 2 rings (SSSR count). The van der Waals surface area contributed by atoms with Crippen molar-refractivity contribution in [3.8, 4) is 11.5 Å². The van der Waals surface area contributed by atoms with Gasteiger partial charge >= 0.3 is 5.69 Å². The zero-order chi connectivity index (χ0) is 13.1. The minimum absolute atomic E-state index is 0.185. The standard InChI is InChI=1S/C12H7F2NO3/c13-8-1-4-10(5-2-8)18-12-7-9(14)3-6-11(12)15(16)17/h1-7H. The second-order valence-corrected chi connectivity index (χ2v) is 3.43. The summed E-state index contributed by atoms with van der Waals surface area (Å²) in [7, 11) is 0. The van der Waals surface area contributed by atoms with Crippen LogP contribution in [0.25, 0.3) is 0 Å².